The van der Waals surface area contributed by atoms with Gasteiger partial charge < -0.3 is 0 Å². The van der Waals surface area contributed by atoms with Crippen molar-refractivity contribution in [3.8, 4) is 5.82 Å². The van der Waals surface area contributed by atoms with Crippen LogP contribution in [0.1, 0.15) is 18.2 Å². The highest BCUT2D eigenvalue weighted by Crippen LogP contribution is 2.07. The predicted molar refractivity (Wildman–Crippen MR) is 61.1 cm³/mol. The van der Waals surface area contributed by atoms with Crippen LogP contribution in [0.5, 0.6) is 0 Å². The number of rotatable bonds is 2. The zero-order valence-corrected chi connectivity index (χ0v) is 9.75. The minimum Gasteiger partial charge on any atom is -0.293 e. The summed E-state index contributed by atoms with van der Waals surface area (Å²) in [7, 11) is 0. The molecule has 0 amide bonds. The van der Waals surface area contributed by atoms with Crippen LogP contribution in [-0.4, -0.2) is 20.0 Å². The molecule has 6 heteroatoms. The minimum atomic E-state index is -0.103. The van der Waals surface area contributed by atoms with E-state index in [9.17, 15) is 4.79 Å². The van der Waals surface area contributed by atoms with Crippen LogP contribution in [0.15, 0.2) is 16.9 Å². The number of aromatic amines is 1. The van der Waals surface area contributed by atoms with Crippen LogP contribution in [0, 0.1) is 6.92 Å². The maximum absolute atomic E-state index is 11.9. The molecule has 16 heavy (non-hydrogen) atoms. The molecule has 0 spiro atoms. The number of H-pyrrole nitrogens is 1. The van der Waals surface area contributed by atoms with Gasteiger partial charge in [-0.25, -0.2) is 0 Å². The van der Waals surface area contributed by atoms with Crippen molar-refractivity contribution >= 4 is 11.6 Å². The number of hydrogen-bond donors (Lipinski definition) is 1. The van der Waals surface area contributed by atoms with E-state index in [1.807, 2.05) is 6.92 Å². The molecule has 0 aliphatic carbocycles. The lowest BCUT2D eigenvalue weighted by molar-refractivity contribution is 0.772. The van der Waals surface area contributed by atoms with E-state index in [4.69, 9.17) is 11.6 Å². The van der Waals surface area contributed by atoms with Crippen molar-refractivity contribution in [2.75, 3.05) is 0 Å². The molecule has 0 aliphatic rings. The molecular formula is C10H11ClN4O. The maximum Gasteiger partial charge on any atom is 0.275 e. The summed E-state index contributed by atoms with van der Waals surface area (Å²) in [5.41, 5.74) is 1.51. The second-order valence-electron chi connectivity index (χ2n) is 3.42. The smallest absolute Gasteiger partial charge is 0.275 e. The van der Waals surface area contributed by atoms with E-state index in [1.54, 1.807) is 19.1 Å². The summed E-state index contributed by atoms with van der Waals surface area (Å²) < 4.78 is 1.37. The summed E-state index contributed by atoms with van der Waals surface area (Å²) in [5, 5.41) is 10.8. The Morgan fingerprint density at radius 3 is 2.69 bits per heavy atom. The topological polar surface area (TPSA) is 63.6 Å². The average molecular weight is 239 g/mol. The largest absolute Gasteiger partial charge is 0.293 e. The van der Waals surface area contributed by atoms with E-state index in [1.165, 1.54) is 4.68 Å². The number of nitrogens with one attached hydrogen (secondary N) is 1. The first-order valence-corrected chi connectivity index (χ1v) is 5.31. The van der Waals surface area contributed by atoms with E-state index >= 15 is 0 Å². The number of halogens is 1. The molecule has 0 fully saturated rings. The monoisotopic (exact) mass is 238 g/mol. The summed E-state index contributed by atoms with van der Waals surface area (Å²) in [6.07, 6.45) is 0.773. The number of hydrogen-bond acceptors (Lipinski definition) is 3. The quantitative estimate of drug-likeness (QED) is 0.862. The average Bonchev–Trinajstić information content (AvgIpc) is 2.57. The van der Waals surface area contributed by atoms with Crippen LogP contribution in [0.4, 0.5) is 0 Å². The first-order valence-electron chi connectivity index (χ1n) is 4.93. The van der Waals surface area contributed by atoms with Crippen molar-refractivity contribution < 1.29 is 0 Å². The predicted octanol–water partition coefficient (Wildman–Crippen LogP) is 1.48. The first-order chi connectivity index (χ1) is 7.63. The Morgan fingerprint density at radius 2 is 2.19 bits per heavy atom. The lowest BCUT2D eigenvalue weighted by Crippen LogP contribution is -2.17. The highest BCUT2D eigenvalue weighted by Gasteiger charge is 2.10. The number of aryl methyl sites for hydroxylation is 1. The van der Waals surface area contributed by atoms with E-state index in [0.717, 1.165) is 12.1 Å². The normalized spacial score (nSPS) is 10.7. The Hall–Kier alpha value is -1.62. The highest BCUT2D eigenvalue weighted by molar-refractivity contribution is 6.29. The van der Waals surface area contributed by atoms with Gasteiger partial charge in [0.25, 0.3) is 5.56 Å². The molecule has 0 atom stereocenters. The maximum atomic E-state index is 11.9. The Kier molecular flexibility index (Phi) is 2.78. The van der Waals surface area contributed by atoms with Crippen molar-refractivity contribution in [2.45, 2.75) is 20.3 Å². The van der Waals surface area contributed by atoms with Crippen LogP contribution in [0.25, 0.3) is 5.82 Å². The van der Waals surface area contributed by atoms with Gasteiger partial charge in [0.1, 0.15) is 0 Å². The molecule has 2 heterocycles. The van der Waals surface area contributed by atoms with Crippen LogP contribution in [0.3, 0.4) is 0 Å². The molecule has 2 rings (SSSR count). The Morgan fingerprint density at radius 1 is 1.44 bits per heavy atom. The SMILES string of the molecule is CCc1[nH]n(-c2ccc(Cl)nn2)c(=O)c1C. The zero-order chi connectivity index (χ0) is 11.7. The zero-order valence-electron chi connectivity index (χ0n) is 8.99. The van der Waals surface area contributed by atoms with Gasteiger partial charge in [0.15, 0.2) is 11.0 Å². The van der Waals surface area contributed by atoms with Crippen molar-refractivity contribution in [3.63, 3.8) is 0 Å². The summed E-state index contributed by atoms with van der Waals surface area (Å²) in [5.74, 6) is 0.442. The molecule has 0 saturated carbocycles. The summed E-state index contributed by atoms with van der Waals surface area (Å²) >= 11 is 5.63. The fourth-order valence-corrected chi connectivity index (χ4v) is 1.60. The van der Waals surface area contributed by atoms with Crippen LogP contribution in [0.2, 0.25) is 5.15 Å². The van der Waals surface area contributed by atoms with Crippen molar-refractivity contribution in [3.05, 3.63) is 38.9 Å². The number of nitrogens with zero attached hydrogens (tertiary/aromatic N) is 3. The fourth-order valence-electron chi connectivity index (χ4n) is 1.50. The summed E-state index contributed by atoms with van der Waals surface area (Å²) in [4.78, 5) is 11.9. The van der Waals surface area contributed by atoms with Crippen molar-refractivity contribution in [2.24, 2.45) is 0 Å². The minimum absolute atomic E-state index is 0.103. The molecule has 84 valence electrons. The van der Waals surface area contributed by atoms with E-state index in [0.29, 0.717) is 16.5 Å². The van der Waals surface area contributed by atoms with Gasteiger partial charge in [-0.05, 0) is 25.5 Å². The van der Waals surface area contributed by atoms with Gasteiger partial charge in [0.05, 0.1) is 0 Å². The van der Waals surface area contributed by atoms with E-state index in [-0.39, 0.29) is 5.56 Å². The van der Waals surface area contributed by atoms with Crippen molar-refractivity contribution in [1.29, 1.82) is 0 Å². The molecular weight excluding hydrogens is 228 g/mol. The third-order valence-electron chi connectivity index (χ3n) is 2.42. The molecule has 0 bridgehead atoms. The Balaban J connectivity index is 2.56. The van der Waals surface area contributed by atoms with Gasteiger partial charge >= 0.3 is 0 Å². The summed E-state index contributed by atoms with van der Waals surface area (Å²) in [6.45, 7) is 3.77. The van der Waals surface area contributed by atoms with Gasteiger partial charge in [-0.2, -0.15) is 4.68 Å². The molecule has 2 aromatic rings. The fraction of sp³-hybridized carbons (Fsp3) is 0.300. The number of aromatic nitrogens is 4. The molecule has 0 radical (unpaired) electrons. The molecule has 0 aliphatic heterocycles. The lowest BCUT2D eigenvalue weighted by Gasteiger charge is -1.98. The van der Waals surface area contributed by atoms with Gasteiger partial charge in [-0.1, -0.05) is 18.5 Å². The van der Waals surface area contributed by atoms with Gasteiger partial charge in [-0.3, -0.25) is 9.89 Å². The molecule has 2 aromatic heterocycles. The van der Waals surface area contributed by atoms with Crippen LogP contribution < -0.4 is 5.56 Å². The van der Waals surface area contributed by atoms with Crippen LogP contribution in [-0.2, 0) is 6.42 Å². The van der Waals surface area contributed by atoms with Gasteiger partial charge in [-0.15, -0.1) is 10.2 Å². The molecule has 0 unspecified atom stereocenters. The molecule has 0 saturated heterocycles. The second kappa shape index (κ2) is 4.09. The third kappa shape index (κ3) is 1.74. The van der Waals surface area contributed by atoms with E-state index in [2.05, 4.69) is 15.3 Å². The Bertz CT molecular complexity index is 555. The Labute approximate surface area is 97.1 Å². The molecule has 0 aromatic carbocycles. The standard InChI is InChI=1S/C10H11ClN4O/c1-3-7-6(2)10(16)15(14-7)9-5-4-8(11)12-13-9/h4-5,14H,3H2,1-2H3. The molecule has 1 N–H and O–H groups in total. The highest BCUT2D eigenvalue weighted by atomic mass is 35.5. The first kappa shape index (κ1) is 10.9. The van der Waals surface area contributed by atoms with E-state index < -0.39 is 0 Å². The summed E-state index contributed by atoms with van der Waals surface area (Å²) in [6, 6.07) is 3.24. The van der Waals surface area contributed by atoms with Gasteiger partial charge in [0, 0.05) is 11.3 Å². The van der Waals surface area contributed by atoms with Crippen molar-refractivity contribution in [1.82, 2.24) is 20.0 Å². The molecule has 5 nitrogen and oxygen atoms in total. The third-order valence-corrected chi connectivity index (χ3v) is 2.63. The van der Waals surface area contributed by atoms with Gasteiger partial charge in [0.2, 0.25) is 0 Å². The lowest BCUT2D eigenvalue weighted by atomic mass is 10.2. The van der Waals surface area contributed by atoms with Crippen LogP contribution >= 0.6 is 11.6 Å². The second-order valence-corrected chi connectivity index (χ2v) is 3.81.